The summed E-state index contributed by atoms with van der Waals surface area (Å²) >= 11 is 0. The fraction of sp³-hybridized carbons (Fsp3) is 0.500. The molecule has 1 N–H and O–H groups in total. The van der Waals surface area contributed by atoms with Crippen LogP contribution in [0.3, 0.4) is 0 Å². The molecule has 0 saturated heterocycles. The van der Waals surface area contributed by atoms with Crippen molar-refractivity contribution in [2.75, 3.05) is 0 Å². The van der Waals surface area contributed by atoms with Gasteiger partial charge in [-0.2, -0.15) is 0 Å². The zero-order valence-electron chi connectivity index (χ0n) is 8.03. The first kappa shape index (κ1) is 8.76. The summed E-state index contributed by atoms with van der Waals surface area (Å²) in [5, 5.41) is 10.1. The fourth-order valence-corrected chi connectivity index (χ4v) is 1.86. The molecule has 0 aromatic heterocycles. The average molecular weight is 176 g/mol. The highest BCUT2D eigenvalue weighted by atomic mass is 16.3. The minimum absolute atomic E-state index is 0.485. The maximum Gasteiger partial charge on any atom is 0.0687 e. The van der Waals surface area contributed by atoms with Gasteiger partial charge in [0, 0.05) is 6.42 Å². The first-order valence-electron chi connectivity index (χ1n) is 4.95. The second-order valence-electron chi connectivity index (χ2n) is 4.29. The van der Waals surface area contributed by atoms with Gasteiger partial charge in [0.15, 0.2) is 0 Å². The minimum atomic E-state index is -0.485. The third-order valence-corrected chi connectivity index (χ3v) is 2.86. The molecule has 0 aliphatic heterocycles. The first-order chi connectivity index (χ1) is 6.18. The van der Waals surface area contributed by atoms with Crippen LogP contribution >= 0.6 is 0 Å². The molecule has 0 bridgehead atoms. The van der Waals surface area contributed by atoms with E-state index in [-0.39, 0.29) is 0 Å². The smallest absolute Gasteiger partial charge is 0.0687 e. The first-order valence-corrected chi connectivity index (χ1v) is 4.95. The molecule has 1 fully saturated rings. The van der Waals surface area contributed by atoms with Gasteiger partial charge in [0.25, 0.3) is 0 Å². The van der Waals surface area contributed by atoms with Gasteiger partial charge in [-0.25, -0.2) is 0 Å². The number of benzene rings is 1. The van der Waals surface area contributed by atoms with Crippen LogP contribution in [0, 0.1) is 5.92 Å². The highest BCUT2D eigenvalue weighted by Crippen LogP contribution is 2.41. The van der Waals surface area contributed by atoms with Crippen LogP contribution in [-0.4, -0.2) is 10.7 Å². The van der Waals surface area contributed by atoms with Crippen molar-refractivity contribution >= 4 is 0 Å². The standard InChI is InChI=1S/C12H16O/c1-12(13,11-7-8-11)9-10-5-3-2-4-6-10/h2-6,11,13H,7-9H2,1H3/t12-/m0/s1. The zero-order valence-corrected chi connectivity index (χ0v) is 8.03. The van der Waals surface area contributed by atoms with E-state index < -0.39 is 5.60 Å². The van der Waals surface area contributed by atoms with E-state index in [4.69, 9.17) is 0 Å². The Morgan fingerprint density at radius 3 is 2.46 bits per heavy atom. The lowest BCUT2D eigenvalue weighted by atomic mass is 9.92. The van der Waals surface area contributed by atoms with E-state index in [0.29, 0.717) is 5.92 Å². The minimum Gasteiger partial charge on any atom is -0.390 e. The molecule has 1 aliphatic carbocycles. The maximum atomic E-state index is 10.1. The van der Waals surface area contributed by atoms with E-state index >= 15 is 0 Å². The predicted octanol–water partition coefficient (Wildman–Crippen LogP) is 2.39. The van der Waals surface area contributed by atoms with E-state index in [1.165, 1.54) is 18.4 Å². The summed E-state index contributed by atoms with van der Waals surface area (Å²) in [7, 11) is 0. The van der Waals surface area contributed by atoms with Gasteiger partial charge in [-0.3, -0.25) is 0 Å². The SMILES string of the molecule is C[C@](O)(Cc1ccccc1)C1CC1. The van der Waals surface area contributed by atoms with Gasteiger partial charge in [0.05, 0.1) is 5.60 Å². The average Bonchev–Trinajstić information content (AvgIpc) is 2.87. The van der Waals surface area contributed by atoms with Crippen molar-refractivity contribution < 1.29 is 5.11 Å². The Morgan fingerprint density at radius 1 is 1.31 bits per heavy atom. The van der Waals surface area contributed by atoms with Gasteiger partial charge in [-0.15, -0.1) is 0 Å². The summed E-state index contributed by atoms with van der Waals surface area (Å²) in [5.41, 5.74) is 0.751. The van der Waals surface area contributed by atoms with Crippen molar-refractivity contribution in [2.45, 2.75) is 31.8 Å². The molecule has 1 heteroatoms. The fourth-order valence-electron chi connectivity index (χ4n) is 1.86. The molecule has 1 nitrogen and oxygen atoms in total. The molecular weight excluding hydrogens is 160 g/mol. The van der Waals surface area contributed by atoms with Crippen molar-refractivity contribution in [1.82, 2.24) is 0 Å². The van der Waals surface area contributed by atoms with Crippen LogP contribution in [0.2, 0.25) is 0 Å². The Hall–Kier alpha value is -0.820. The third-order valence-electron chi connectivity index (χ3n) is 2.86. The Kier molecular flexibility index (Phi) is 2.12. The monoisotopic (exact) mass is 176 g/mol. The third kappa shape index (κ3) is 2.10. The molecule has 1 aromatic rings. The van der Waals surface area contributed by atoms with E-state index in [9.17, 15) is 5.11 Å². The largest absolute Gasteiger partial charge is 0.390 e. The molecule has 0 unspecified atom stereocenters. The molecule has 1 atom stereocenters. The molecule has 2 rings (SSSR count). The maximum absolute atomic E-state index is 10.1. The lowest BCUT2D eigenvalue weighted by Gasteiger charge is -2.22. The Labute approximate surface area is 79.4 Å². The zero-order chi connectivity index (χ0) is 9.31. The van der Waals surface area contributed by atoms with Crippen molar-refractivity contribution in [2.24, 2.45) is 5.92 Å². The Bertz CT molecular complexity index is 272. The highest BCUT2D eigenvalue weighted by molar-refractivity contribution is 5.17. The molecule has 0 radical (unpaired) electrons. The Balaban J connectivity index is 2.04. The second-order valence-corrected chi connectivity index (χ2v) is 4.29. The molecule has 1 aliphatic rings. The number of aliphatic hydroxyl groups is 1. The van der Waals surface area contributed by atoms with Crippen LogP contribution in [-0.2, 0) is 6.42 Å². The van der Waals surface area contributed by atoms with Crippen molar-refractivity contribution in [3.8, 4) is 0 Å². The van der Waals surface area contributed by atoms with E-state index in [2.05, 4.69) is 12.1 Å². The van der Waals surface area contributed by atoms with Crippen molar-refractivity contribution in [1.29, 1.82) is 0 Å². The van der Waals surface area contributed by atoms with Crippen LogP contribution in [0.25, 0.3) is 0 Å². The van der Waals surface area contributed by atoms with Gasteiger partial charge in [-0.05, 0) is 31.2 Å². The lowest BCUT2D eigenvalue weighted by Crippen LogP contribution is -2.29. The van der Waals surface area contributed by atoms with E-state index in [0.717, 1.165) is 6.42 Å². The molecule has 0 spiro atoms. The van der Waals surface area contributed by atoms with Gasteiger partial charge >= 0.3 is 0 Å². The summed E-state index contributed by atoms with van der Waals surface area (Å²) in [5.74, 6) is 0.535. The van der Waals surface area contributed by atoms with Gasteiger partial charge in [-0.1, -0.05) is 30.3 Å². The Morgan fingerprint density at radius 2 is 1.92 bits per heavy atom. The molecular formula is C12H16O. The molecule has 1 saturated carbocycles. The second kappa shape index (κ2) is 3.15. The van der Waals surface area contributed by atoms with Crippen molar-refractivity contribution in [3.05, 3.63) is 35.9 Å². The van der Waals surface area contributed by atoms with Gasteiger partial charge in [0.1, 0.15) is 0 Å². The lowest BCUT2D eigenvalue weighted by molar-refractivity contribution is 0.0372. The summed E-state index contributed by atoms with van der Waals surface area (Å²) in [4.78, 5) is 0. The van der Waals surface area contributed by atoms with Crippen LogP contribution < -0.4 is 0 Å². The number of rotatable bonds is 3. The molecule has 13 heavy (non-hydrogen) atoms. The highest BCUT2D eigenvalue weighted by Gasteiger charge is 2.39. The molecule has 1 aromatic carbocycles. The normalized spacial score (nSPS) is 21.1. The number of hydrogen-bond donors (Lipinski definition) is 1. The van der Waals surface area contributed by atoms with Crippen LogP contribution in [0.1, 0.15) is 25.3 Å². The van der Waals surface area contributed by atoms with Crippen molar-refractivity contribution in [3.63, 3.8) is 0 Å². The molecule has 70 valence electrons. The van der Waals surface area contributed by atoms with Gasteiger partial charge in [0.2, 0.25) is 0 Å². The summed E-state index contributed by atoms with van der Waals surface area (Å²) in [6.45, 7) is 1.96. The van der Waals surface area contributed by atoms with E-state index in [1.54, 1.807) is 0 Å². The van der Waals surface area contributed by atoms with Crippen LogP contribution in [0.15, 0.2) is 30.3 Å². The number of hydrogen-bond acceptors (Lipinski definition) is 1. The quantitative estimate of drug-likeness (QED) is 0.749. The van der Waals surface area contributed by atoms with Crippen LogP contribution in [0.5, 0.6) is 0 Å². The predicted molar refractivity (Wildman–Crippen MR) is 53.5 cm³/mol. The topological polar surface area (TPSA) is 20.2 Å². The molecule has 0 heterocycles. The van der Waals surface area contributed by atoms with Crippen LogP contribution in [0.4, 0.5) is 0 Å². The summed E-state index contributed by atoms with van der Waals surface area (Å²) in [6, 6.07) is 10.2. The summed E-state index contributed by atoms with van der Waals surface area (Å²) < 4.78 is 0. The van der Waals surface area contributed by atoms with Gasteiger partial charge < -0.3 is 5.11 Å². The summed E-state index contributed by atoms with van der Waals surface area (Å²) in [6.07, 6.45) is 3.18. The molecule has 0 amide bonds. The van der Waals surface area contributed by atoms with E-state index in [1.807, 2.05) is 25.1 Å².